The van der Waals surface area contributed by atoms with Gasteiger partial charge in [0.1, 0.15) is 5.92 Å². The highest BCUT2D eigenvalue weighted by Gasteiger charge is 2.57. The van der Waals surface area contributed by atoms with Crippen LogP contribution in [0.1, 0.15) is 53.9 Å². The van der Waals surface area contributed by atoms with Gasteiger partial charge in [-0.25, -0.2) is 13.2 Å². The van der Waals surface area contributed by atoms with Crippen molar-refractivity contribution in [3.05, 3.63) is 34.4 Å². The smallest absolute Gasteiger partial charge is 0.322 e. The molecule has 1 aromatic rings. The Morgan fingerprint density at radius 3 is 2.15 bits per heavy atom. The fourth-order valence-corrected chi connectivity index (χ4v) is 4.35. The van der Waals surface area contributed by atoms with Gasteiger partial charge < -0.3 is 9.47 Å². The quantitative estimate of drug-likeness (QED) is 0.580. The number of esters is 1. The van der Waals surface area contributed by atoms with Crippen LogP contribution in [0.3, 0.4) is 0 Å². The zero-order valence-electron chi connectivity index (χ0n) is 15.6. The lowest BCUT2D eigenvalue weighted by molar-refractivity contribution is -0.180. The Labute approximate surface area is 156 Å². The highest BCUT2D eigenvalue weighted by molar-refractivity contribution is 6.14. The van der Waals surface area contributed by atoms with E-state index >= 15 is 0 Å². The molecule has 1 aromatic carbocycles. The molecule has 1 saturated carbocycles. The van der Waals surface area contributed by atoms with E-state index in [1.54, 1.807) is 0 Å². The summed E-state index contributed by atoms with van der Waals surface area (Å²) in [5.41, 5.74) is 2.16. The van der Waals surface area contributed by atoms with Gasteiger partial charge in [-0.2, -0.15) is 0 Å². The standard InChI is InChI=1S/C20H23F3O4/c1-10-8-11(2)14(12(3)9-10)15-16(24)20(27-19(15)25)6-4-13(5-7-20)26-18(23)17(21)22/h8-9,13,15,17-18H,4-7H2,1-3H3. The number of rotatable bonds is 4. The molecule has 1 aliphatic carbocycles. The van der Waals surface area contributed by atoms with Gasteiger partial charge in [-0.05, 0) is 63.1 Å². The van der Waals surface area contributed by atoms with Gasteiger partial charge in [0.05, 0.1) is 6.10 Å². The number of ether oxygens (including phenoxy) is 2. The lowest BCUT2D eigenvalue weighted by Crippen LogP contribution is -2.43. The summed E-state index contributed by atoms with van der Waals surface area (Å²) in [6.45, 7) is 5.66. The largest absolute Gasteiger partial charge is 0.450 e. The normalized spacial score (nSPS) is 29.4. The SMILES string of the molecule is Cc1cc(C)c(C2C(=O)OC3(CCC(OC(F)C(F)F)CC3)C2=O)c(C)c1. The van der Waals surface area contributed by atoms with Crippen molar-refractivity contribution in [1.82, 2.24) is 0 Å². The van der Waals surface area contributed by atoms with Crippen molar-refractivity contribution in [3.63, 3.8) is 0 Å². The van der Waals surface area contributed by atoms with E-state index in [2.05, 4.69) is 0 Å². The number of carbonyl (C=O) groups is 2. The van der Waals surface area contributed by atoms with Crippen molar-refractivity contribution >= 4 is 11.8 Å². The van der Waals surface area contributed by atoms with E-state index < -0.39 is 36.4 Å². The number of Topliss-reactive ketones (excluding diaryl/α,β-unsaturated/α-hetero) is 1. The van der Waals surface area contributed by atoms with E-state index in [1.807, 2.05) is 32.9 Å². The van der Waals surface area contributed by atoms with Crippen molar-refractivity contribution in [2.24, 2.45) is 0 Å². The Morgan fingerprint density at radius 2 is 1.63 bits per heavy atom. The van der Waals surface area contributed by atoms with E-state index in [9.17, 15) is 22.8 Å². The van der Waals surface area contributed by atoms with Crippen molar-refractivity contribution in [1.29, 1.82) is 0 Å². The summed E-state index contributed by atoms with van der Waals surface area (Å²) in [5, 5.41) is 0. The second kappa shape index (κ2) is 7.26. The monoisotopic (exact) mass is 384 g/mol. The molecule has 0 radical (unpaired) electrons. The lowest BCUT2D eigenvalue weighted by Gasteiger charge is -2.34. The van der Waals surface area contributed by atoms with Crippen molar-refractivity contribution < 1.29 is 32.2 Å². The zero-order chi connectivity index (χ0) is 19.9. The van der Waals surface area contributed by atoms with Gasteiger partial charge in [0, 0.05) is 0 Å². The zero-order valence-corrected chi connectivity index (χ0v) is 15.6. The van der Waals surface area contributed by atoms with Gasteiger partial charge >= 0.3 is 5.97 Å². The van der Waals surface area contributed by atoms with Gasteiger partial charge in [-0.15, -0.1) is 0 Å². The second-order valence-electron chi connectivity index (χ2n) is 7.55. The van der Waals surface area contributed by atoms with Gasteiger partial charge in [-0.3, -0.25) is 9.59 Å². The van der Waals surface area contributed by atoms with Gasteiger partial charge in [0.25, 0.3) is 12.8 Å². The maximum absolute atomic E-state index is 13.1. The number of hydrogen-bond donors (Lipinski definition) is 0. The number of halogens is 3. The first kappa shape index (κ1) is 19.9. The molecule has 0 bridgehead atoms. The van der Waals surface area contributed by atoms with Crippen molar-refractivity contribution in [2.45, 2.75) is 76.9 Å². The number of carbonyl (C=O) groups excluding carboxylic acids is 2. The number of alkyl halides is 3. The topological polar surface area (TPSA) is 52.6 Å². The van der Waals surface area contributed by atoms with Crippen LogP contribution < -0.4 is 0 Å². The van der Waals surface area contributed by atoms with Crippen molar-refractivity contribution in [2.75, 3.05) is 0 Å². The molecule has 1 aliphatic heterocycles. The maximum Gasteiger partial charge on any atom is 0.322 e. The summed E-state index contributed by atoms with van der Waals surface area (Å²) in [6.07, 6.45) is -5.89. The summed E-state index contributed by atoms with van der Waals surface area (Å²) in [6, 6.07) is 3.84. The van der Waals surface area contributed by atoms with E-state index in [4.69, 9.17) is 9.47 Å². The number of hydrogen-bond acceptors (Lipinski definition) is 4. The van der Waals surface area contributed by atoms with Crippen LogP contribution in [0.25, 0.3) is 0 Å². The molecule has 4 nitrogen and oxygen atoms in total. The van der Waals surface area contributed by atoms with Crippen LogP contribution in [0.15, 0.2) is 12.1 Å². The van der Waals surface area contributed by atoms with E-state index in [1.165, 1.54) is 0 Å². The molecule has 1 heterocycles. The molecule has 2 fully saturated rings. The molecule has 0 amide bonds. The molecular weight excluding hydrogens is 361 g/mol. The molecule has 1 saturated heterocycles. The molecule has 27 heavy (non-hydrogen) atoms. The molecule has 2 unspecified atom stereocenters. The fourth-order valence-electron chi connectivity index (χ4n) is 4.35. The first-order chi connectivity index (χ1) is 12.6. The average Bonchev–Trinajstić information content (AvgIpc) is 2.80. The summed E-state index contributed by atoms with van der Waals surface area (Å²) >= 11 is 0. The van der Waals surface area contributed by atoms with Crippen LogP contribution in [0.2, 0.25) is 0 Å². The van der Waals surface area contributed by atoms with Crippen LogP contribution in [0.4, 0.5) is 13.2 Å². The molecule has 1 spiro atoms. The highest BCUT2D eigenvalue weighted by atomic mass is 19.3. The Kier molecular flexibility index (Phi) is 5.34. The summed E-state index contributed by atoms with van der Waals surface area (Å²) in [4.78, 5) is 25.7. The van der Waals surface area contributed by atoms with Crippen LogP contribution in [-0.4, -0.2) is 36.2 Å². The lowest BCUT2D eigenvalue weighted by atomic mass is 9.76. The predicted molar refractivity (Wildman–Crippen MR) is 91.5 cm³/mol. The minimum atomic E-state index is -3.20. The average molecular weight is 384 g/mol. The van der Waals surface area contributed by atoms with Crippen LogP contribution >= 0.6 is 0 Å². The van der Waals surface area contributed by atoms with Crippen molar-refractivity contribution in [3.8, 4) is 0 Å². The molecule has 0 N–H and O–H groups in total. The Balaban J connectivity index is 1.78. The van der Waals surface area contributed by atoms with Crippen LogP contribution in [0.5, 0.6) is 0 Å². The summed E-state index contributed by atoms with van der Waals surface area (Å²) in [7, 11) is 0. The third kappa shape index (κ3) is 3.61. The first-order valence-corrected chi connectivity index (χ1v) is 9.07. The van der Waals surface area contributed by atoms with Crippen LogP contribution in [-0.2, 0) is 19.1 Å². The molecule has 2 aliphatic rings. The minimum Gasteiger partial charge on any atom is -0.450 e. The Hall–Kier alpha value is -1.89. The van der Waals surface area contributed by atoms with Gasteiger partial charge in [0.2, 0.25) is 0 Å². The third-order valence-corrected chi connectivity index (χ3v) is 5.53. The summed E-state index contributed by atoms with van der Waals surface area (Å²) in [5.74, 6) is -1.85. The van der Waals surface area contributed by atoms with Gasteiger partial charge in [-0.1, -0.05) is 17.7 Å². The van der Waals surface area contributed by atoms with E-state index in [0.717, 1.165) is 16.7 Å². The van der Waals surface area contributed by atoms with Gasteiger partial charge in [0.15, 0.2) is 11.4 Å². The molecule has 2 atom stereocenters. The molecule has 148 valence electrons. The second-order valence-corrected chi connectivity index (χ2v) is 7.55. The molecule has 0 aromatic heterocycles. The minimum absolute atomic E-state index is 0.151. The Morgan fingerprint density at radius 1 is 1.07 bits per heavy atom. The fraction of sp³-hybridized carbons (Fsp3) is 0.600. The number of ketones is 1. The Bertz CT molecular complexity index is 731. The number of benzene rings is 1. The van der Waals surface area contributed by atoms with E-state index in [-0.39, 0.29) is 31.5 Å². The van der Waals surface area contributed by atoms with E-state index in [0.29, 0.717) is 5.56 Å². The predicted octanol–water partition coefficient (Wildman–Crippen LogP) is 4.08. The molecule has 3 rings (SSSR count). The molecular formula is C20H23F3O4. The highest BCUT2D eigenvalue weighted by Crippen LogP contribution is 2.45. The first-order valence-electron chi connectivity index (χ1n) is 9.07. The molecule has 7 heteroatoms. The number of aryl methyl sites for hydroxylation is 3. The maximum atomic E-state index is 13.1. The van der Waals surface area contributed by atoms with Crippen LogP contribution in [0, 0.1) is 20.8 Å². The third-order valence-electron chi connectivity index (χ3n) is 5.53. The summed E-state index contributed by atoms with van der Waals surface area (Å²) < 4.78 is 48.0.